The molecular weight excluding hydrogens is 378 g/mol. The first-order valence-electron chi connectivity index (χ1n) is 10.6. The van der Waals surface area contributed by atoms with Gasteiger partial charge in [-0.25, -0.2) is 4.79 Å². The molecule has 6 nitrogen and oxygen atoms in total. The highest BCUT2D eigenvalue weighted by molar-refractivity contribution is 5.89. The molecule has 1 N–H and O–H groups in total. The molecule has 0 unspecified atom stereocenters. The summed E-state index contributed by atoms with van der Waals surface area (Å²) in [5, 5.41) is 2.93. The van der Waals surface area contributed by atoms with E-state index in [1.807, 2.05) is 54.3 Å². The van der Waals surface area contributed by atoms with Crippen LogP contribution in [0, 0.1) is 6.92 Å². The molecule has 6 heteroatoms. The van der Waals surface area contributed by atoms with Crippen LogP contribution in [0.25, 0.3) is 0 Å². The maximum Gasteiger partial charge on any atom is 0.321 e. The van der Waals surface area contributed by atoms with Crippen molar-refractivity contribution in [2.24, 2.45) is 0 Å². The molecule has 0 aromatic heterocycles. The third kappa shape index (κ3) is 6.88. The summed E-state index contributed by atoms with van der Waals surface area (Å²) in [5.74, 6) is 0.139. The van der Waals surface area contributed by atoms with Gasteiger partial charge in [-0.2, -0.15) is 0 Å². The number of anilines is 1. The molecule has 1 aliphatic heterocycles. The number of ether oxygens (including phenoxy) is 1. The van der Waals surface area contributed by atoms with E-state index in [2.05, 4.69) is 17.4 Å². The molecule has 2 aromatic carbocycles. The number of urea groups is 1. The first-order valence-corrected chi connectivity index (χ1v) is 10.6. The first kappa shape index (κ1) is 21.8. The Balaban J connectivity index is 1.28. The van der Waals surface area contributed by atoms with Gasteiger partial charge in [0.1, 0.15) is 0 Å². The van der Waals surface area contributed by atoms with Crippen molar-refractivity contribution < 1.29 is 14.3 Å². The molecule has 30 heavy (non-hydrogen) atoms. The lowest BCUT2D eigenvalue weighted by molar-refractivity contribution is -0.132. The Bertz CT molecular complexity index is 817. The van der Waals surface area contributed by atoms with Gasteiger partial charge in [0, 0.05) is 44.9 Å². The second kappa shape index (κ2) is 11.4. The standard InChI is InChI=1S/C24H31N3O3/c1-20-7-5-10-22(19-20)25-24(29)27-15-13-26(14-16-27)23(28)11-6-17-30-18-12-21-8-3-2-4-9-21/h2-5,7-10,19H,6,11-18H2,1H3,(H,25,29). The Morgan fingerprint density at radius 2 is 1.67 bits per heavy atom. The van der Waals surface area contributed by atoms with Crippen molar-refractivity contribution in [1.29, 1.82) is 0 Å². The van der Waals surface area contributed by atoms with Gasteiger partial charge in [-0.05, 0) is 43.0 Å². The van der Waals surface area contributed by atoms with Crippen molar-refractivity contribution >= 4 is 17.6 Å². The summed E-state index contributed by atoms with van der Waals surface area (Å²) in [5.41, 5.74) is 3.16. The number of aryl methyl sites for hydroxylation is 1. The van der Waals surface area contributed by atoms with Gasteiger partial charge in [-0.3, -0.25) is 4.79 Å². The summed E-state index contributed by atoms with van der Waals surface area (Å²) < 4.78 is 5.66. The molecule has 1 fully saturated rings. The third-order valence-electron chi connectivity index (χ3n) is 5.25. The van der Waals surface area contributed by atoms with E-state index in [0.717, 1.165) is 24.1 Å². The van der Waals surface area contributed by atoms with Crippen LogP contribution in [-0.2, 0) is 16.0 Å². The Morgan fingerprint density at radius 1 is 0.933 bits per heavy atom. The normalized spacial score (nSPS) is 13.9. The number of amides is 3. The van der Waals surface area contributed by atoms with Crippen molar-refractivity contribution in [2.75, 3.05) is 44.7 Å². The number of carbonyl (C=O) groups is 2. The zero-order chi connectivity index (χ0) is 21.2. The fourth-order valence-electron chi connectivity index (χ4n) is 3.50. The molecule has 3 rings (SSSR count). The molecule has 0 aliphatic carbocycles. The monoisotopic (exact) mass is 409 g/mol. The van der Waals surface area contributed by atoms with Crippen molar-refractivity contribution in [1.82, 2.24) is 9.80 Å². The molecule has 0 radical (unpaired) electrons. The van der Waals surface area contributed by atoms with Crippen molar-refractivity contribution in [3.63, 3.8) is 0 Å². The van der Waals surface area contributed by atoms with E-state index in [1.54, 1.807) is 4.90 Å². The average molecular weight is 410 g/mol. The fourth-order valence-corrected chi connectivity index (χ4v) is 3.50. The molecule has 0 atom stereocenters. The van der Waals surface area contributed by atoms with Crippen LogP contribution < -0.4 is 5.32 Å². The zero-order valence-corrected chi connectivity index (χ0v) is 17.7. The minimum atomic E-state index is -0.112. The highest BCUT2D eigenvalue weighted by atomic mass is 16.5. The minimum absolute atomic E-state index is 0.112. The molecule has 0 spiro atoms. The zero-order valence-electron chi connectivity index (χ0n) is 17.7. The predicted octanol–water partition coefficient (Wildman–Crippen LogP) is 3.71. The SMILES string of the molecule is Cc1cccc(NC(=O)N2CCN(C(=O)CCCOCCc3ccccc3)CC2)c1. The van der Waals surface area contributed by atoms with Crippen LogP contribution >= 0.6 is 0 Å². The van der Waals surface area contributed by atoms with E-state index in [4.69, 9.17) is 4.74 Å². The molecular formula is C24H31N3O3. The van der Waals surface area contributed by atoms with E-state index >= 15 is 0 Å². The van der Waals surface area contributed by atoms with Crippen LogP contribution in [0.2, 0.25) is 0 Å². The van der Waals surface area contributed by atoms with Crippen molar-refractivity contribution in [2.45, 2.75) is 26.2 Å². The average Bonchev–Trinajstić information content (AvgIpc) is 2.77. The summed E-state index contributed by atoms with van der Waals surface area (Å²) >= 11 is 0. The smallest absolute Gasteiger partial charge is 0.321 e. The lowest BCUT2D eigenvalue weighted by Gasteiger charge is -2.34. The number of benzene rings is 2. The van der Waals surface area contributed by atoms with Crippen molar-refractivity contribution in [3.8, 4) is 0 Å². The van der Waals surface area contributed by atoms with Gasteiger partial charge >= 0.3 is 6.03 Å². The van der Waals surface area contributed by atoms with Crippen molar-refractivity contribution in [3.05, 3.63) is 65.7 Å². The van der Waals surface area contributed by atoms with Gasteiger partial charge in [0.15, 0.2) is 0 Å². The Morgan fingerprint density at radius 3 is 2.40 bits per heavy atom. The van der Waals surface area contributed by atoms with E-state index in [0.29, 0.717) is 45.8 Å². The summed E-state index contributed by atoms with van der Waals surface area (Å²) in [6.45, 7) is 5.52. The Kier molecular flexibility index (Phi) is 8.27. The third-order valence-corrected chi connectivity index (χ3v) is 5.25. The maximum atomic E-state index is 12.4. The quantitative estimate of drug-likeness (QED) is 0.676. The lowest BCUT2D eigenvalue weighted by Crippen LogP contribution is -2.51. The van der Waals surface area contributed by atoms with Crippen LogP contribution in [0.1, 0.15) is 24.0 Å². The Hall–Kier alpha value is -2.86. The predicted molar refractivity (Wildman–Crippen MR) is 119 cm³/mol. The molecule has 0 bridgehead atoms. The summed E-state index contributed by atoms with van der Waals surface area (Å²) in [4.78, 5) is 28.4. The molecule has 0 saturated carbocycles. The second-order valence-corrected chi connectivity index (χ2v) is 7.62. The largest absolute Gasteiger partial charge is 0.381 e. The maximum absolute atomic E-state index is 12.4. The summed E-state index contributed by atoms with van der Waals surface area (Å²) in [6, 6.07) is 17.9. The van der Waals surface area contributed by atoms with Crippen LogP contribution in [-0.4, -0.2) is 61.1 Å². The van der Waals surface area contributed by atoms with Crippen LogP contribution in [0.5, 0.6) is 0 Å². The van der Waals surface area contributed by atoms with Crippen LogP contribution in [0.3, 0.4) is 0 Å². The number of carbonyl (C=O) groups excluding carboxylic acids is 2. The lowest BCUT2D eigenvalue weighted by atomic mass is 10.2. The number of piperazine rings is 1. The first-order chi connectivity index (χ1) is 14.6. The highest BCUT2D eigenvalue weighted by Crippen LogP contribution is 2.12. The van der Waals surface area contributed by atoms with Crippen LogP contribution in [0.15, 0.2) is 54.6 Å². The van der Waals surface area contributed by atoms with Gasteiger partial charge in [-0.15, -0.1) is 0 Å². The highest BCUT2D eigenvalue weighted by Gasteiger charge is 2.23. The summed E-state index contributed by atoms with van der Waals surface area (Å²) in [6.07, 6.45) is 2.10. The van der Waals surface area contributed by atoms with Gasteiger partial charge in [0.05, 0.1) is 6.61 Å². The van der Waals surface area contributed by atoms with Gasteiger partial charge in [0.25, 0.3) is 0 Å². The van der Waals surface area contributed by atoms with Gasteiger partial charge in [-0.1, -0.05) is 42.5 Å². The molecule has 2 aromatic rings. The number of nitrogens with zero attached hydrogens (tertiary/aromatic N) is 2. The number of hydrogen-bond donors (Lipinski definition) is 1. The van der Waals surface area contributed by atoms with Crippen LogP contribution in [0.4, 0.5) is 10.5 Å². The molecule has 160 valence electrons. The van der Waals surface area contributed by atoms with Gasteiger partial charge < -0.3 is 19.9 Å². The number of hydrogen-bond acceptors (Lipinski definition) is 3. The van der Waals surface area contributed by atoms with E-state index < -0.39 is 0 Å². The van der Waals surface area contributed by atoms with Gasteiger partial charge in [0.2, 0.25) is 5.91 Å². The number of nitrogens with one attached hydrogen (secondary N) is 1. The second-order valence-electron chi connectivity index (χ2n) is 7.62. The summed E-state index contributed by atoms with van der Waals surface area (Å²) in [7, 11) is 0. The van der Waals surface area contributed by atoms with E-state index in [-0.39, 0.29) is 11.9 Å². The number of rotatable bonds is 8. The molecule has 1 heterocycles. The molecule has 3 amide bonds. The topological polar surface area (TPSA) is 61.9 Å². The minimum Gasteiger partial charge on any atom is -0.381 e. The fraction of sp³-hybridized carbons (Fsp3) is 0.417. The Labute approximate surface area is 178 Å². The molecule has 1 saturated heterocycles. The molecule has 1 aliphatic rings. The van der Waals surface area contributed by atoms with E-state index in [9.17, 15) is 9.59 Å². The van der Waals surface area contributed by atoms with E-state index in [1.165, 1.54) is 5.56 Å².